The van der Waals surface area contributed by atoms with Gasteiger partial charge in [-0.05, 0) is 73.8 Å². The van der Waals surface area contributed by atoms with E-state index in [2.05, 4.69) is 11.6 Å². The van der Waals surface area contributed by atoms with Crippen molar-refractivity contribution in [2.45, 2.75) is 57.3 Å². The number of aliphatic imine (C=N–C) groups is 1. The highest BCUT2D eigenvalue weighted by atomic mass is 19.3. The number of hydrogen-bond acceptors (Lipinski definition) is 3. The minimum Gasteiger partial charge on any atom is -0.487 e. The van der Waals surface area contributed by atoms with E-state index in [1.807, 2.05) is 43.4 Å². The smallest absolute Gasteiger partial charge is 0.284 e. The Morgan fingerprint density at radius 3 is 2.76 bits per heavy atom. The van der Waals surface area contributed by atoms with Gasteiger partial charge in [0.1, 0.15) is 5.75 Å². The molecule has 1 heterocycles. The molecule has 5 heteroatoms. The molecule has 0 bridgehead atoms. The fourth-order valence-corrected chi connectivity index (χ4v) is 5.39. The van der Waals surface area contributed by atoms with Crippen LogP contribution in [0.3, 0.4) is 0 Å². The number of carbonyl (C=O) groups excluding carboxylic acids is 1. The third kappa shape index (κ3) is 4.57. The summed E-state index contributed by atoms with van der Waals surface area (Å²) in [7, 11) is 0. The van der Waals surface area contributed by atoms with Crippen molar-refractivity contribution < 1.29 is 18.3 Å². The Morgan fingerprint density at radius 1 is 1.18 bits per heavy atom. The summed E-state index contributed by atoms with van der Waals surface area (Å²) in [6.07, 6.45) is 10.3. The van der Waals surface area contributed by atoms with E-state index in [0.29, 0.717) is 37.1 Å². The first kappa shape index (κ1) is 22.9. The summed E-state index contributed by atoms with van der Waals surface area (Å²) in [5.74, 6) is -2.65. The minimum absolute atomic E-state index is 0.107. The second-order valence-electron chi connectivity index (χ2n) is 10.0. The molecule has 178 valence electrons. The number of carbonyl (C=O) groups is 1. The fourth-order valence-electron chi connectivity index (χ4n) is 5.39. The van der Waals surface area contributed by atoms with Crippen molar-refractivity contribution in [2.24, 2.45) is 16.8 Å². The van der Waals surface area contributed by atoms with Crippen LogP contribution in [0.15, 0.2) is 76.4 Å². The highest BCUT2D eigenvalue weighted by Gasteiger charge is 2.47. The van der Waals surface area contributed by atoms with Gasteiger partial charge >= 0.3 is 0 Å². The van der Waals surface area contributed by atoms with Crippen LogP contribution in [0.5, 0.6) is 5.75 Å². The lowest BCUT2D eigenvalue weighted by Crippen LogP contribution is -2.28. The number of ether oxygens (including phenoxy) is 1. The molecule has 0 radical (unpaired) electrons. The lowest BCUT2D eigenvalue weighted by Gasteiger charge is -2.30. The van der Waals surface area contributed by atoms with Crippen molar-refractivity contribution in [3.63, 3.8) is 0 Å². The second kappa shape index (κ2) is 9.09. The maximum atomic E-state index is 14.2. The molecule has 2 unspecified atom stereocenters. The predicted octanol–water partition coefficient (Wildman–Crippen LogP) is 6.78. The highest BCUT2D eigenvalue weighted by Crippen LogP contribution is 2.45. The summed E-state index contributed by atoms with van der Waals surface area (Å²) in [5.41, 5.74) is 5.59. The number of alkyl halides is 2. The van der Waals surface area contributed by atoms with E-state index in [0.717, 1.165) is 47.3 Å². The summed E-state index contributed by atoms with van der Waals surface area (Å²) in [6.45, 7) is 6.15. The number of halogens is 2. The topological polar surface area (TPSA) is 38.7 Å². The lowest BCUT2D eigenvalue weighted by molar-refractivity contribution is -0.119. The monoisotopic (exact) mass is 463 g/mol. The summed E-state index contributed by atoms with van der Waals surface area (Å²) >= 11 is 0. The van der Waals surface area contributed by atoms with Gasteiger partial charge in [0.25, 0.3) is 5.92 Å². The molecule has 4 aliphatic rings. The first-order valence-electron chi connectivity index (χ1n) is 12.3. The molecule has 2 saturated carbocycles. The lowest BCUT2D eigenvalue weighted by atomic mass is 9.75. The zero-order valence-corrected chi connectivity index (χ0v) is 19.7. The molecule has 0 saturated heterocycles. The van der Waals surface area contributed by atoms with E-state index < -0.39 is 18.4 Å². The van der Waals surface area contributed by atoms with Crippen molar-refractivity contribution in [2.75, 3.05) is 13.2 Å². The molecule has 5 rings (SSSR count). The van der Waals surface area contributed by atoms with Crippen LogP contribution in [0.1, 0.15) is 56.9 Å². The summed E-state index contributed by atoms with van der Waals surface area (Å²) < 4.78 is 34.1. The molecule has 0 N–H and O–H groups in total. The number of allylic oxidation sites excluding steroid dienone is 5. The van der Waals surface area contributed by atoms with Gasteiger partial charge in [0.05, 0.1) is 6.54 Å². The standard InChI is InChI=1S/C29H31F2NO2/c1-18-10-11-22(15-25-19(2)32-16-26(18)25)28(33)21-7-5-6-20(14-21)24-8-3-4-9-27(24)34-17-29(30,31)23-12-13-23/h3-4,8-11,15,20-21,23H,1,5-7,12-14,16-17H2,2H3. The fraction of sp³-hybridized carbons (Fsp3) is 0.448. The number of rotatable bonds is 7. The van der Waals surface area contributed by atoms with Gasteiger partial charge in [0.15, 0.2) is 12.4 Å². The molecule has 2 atom stereocenters. The molecule has 1 aromatic carbocycles. The van der Waals surface area contributed by atoms with Crippen molar-refractivity contribution in [1.82, 2.24) is 0 Å². The molecule has 34 heavy (non-hydrogen) atoms. The molecule has 3 nitrogen and oxygen atoms in total. The van der Waals surface area contributed by atoms with E-state index in [-0.39, 0.29) is 17.6 Å². The molecular weight excluding hydrogens is 432 g/mol. The molecule has 0 amide bonds. The third-order valence-corrected chi connectivity index (χ3v) is 7.62. The quantitative estimate of drug-likeness (QED) is 0.447. The Labute approximate surface area is 200 Å². The maximum Gasteiger partial charge on any atom is 0.284 e. The summed E-state index contributed by atoms with van der Waals surface area (Å²) in [5, 5.41) is 0. The van der Waals surface area contributed by atoms with E-state index in [1.165, 1.54) is 0 Å². The molecule has 1 aromatic rings. The predicted molar refractivity (Wildman–Crippen MR) is 131 cm³/mol. The number of ketones is 1. The van der Waals surface area contributed by atoms with Crippen LogP contribution < -0.4 is 4.74 Å². The number of para-hydroxylation sites is 1. The number of hydrogen-bond donors (Lipinski definition) is 0. The molecule has 1 aliphatic heterocycles. The summed E-state index contributed by atoms with van der Waals surface area (Å²) in [6, 6.07) is 7.49. The van der Waals surface area contributed by atoms with E-state index in [4.69, 9.17) is 4.74 Å². The normalized spacial score (nSPS) is 25.0. The van der Waals surface area contributed by atoms with Gasteiger partial charge < -0.3 is 4.74 Å². The van der Waals surface area contributed by atoms with Crippen LogP contribution in [0.2, 0.25) is 0 Å². The number of nitrogens with zero attached hydrogens (tertiary/aromatic N) is 1. The third-order valence-electron chi connectivity index (χ3n) is 7.62. The first-order chi connectivity index (χ1) is 16.3. The Balaban J connectivity index is 1.32. The van der Waals surface area contributed by atoms with Gasteiger partial charge in [-0.2, -0.15) is 0 Å². The molecule has 2 fully saturated rings. The van der Waals surface area contributed by atoms with Crippen molar-refractivity contribution >= 4 is 11.5 Å². The summed E-state index contributed by atoms with van der Waals surface area (Å²) in [4.78, 5) is 18.1. The Morgan fingerprint density at radius 2 is 1.97 bits per heavy atom. The van der Waals surface area contributed by atoms with Crippen LogP contribution >= 0.6 is 0 Å². The van der Waals surface area contributed by atoms with Gasteiger partial charge in [-0.3, -0.25) is 9.79 Å². The van der Waals surface area contributed by atoms with Gasteiger partial charge in [-0.15, -0.1) is 0 Å². The molecular formula is C29H31F2NO2. The van der Waals surface area contributed by atoms with Gasteiger partial charge in [-0.1, -0.05) is 43.4 Å². The van der Waals surface area contributed by atoms with Crippen molar-refractivity contribution in [3.8, 4) is 5.75 Å². The first-order valence-corrected chi connectivity index (χ1v) is 12.3. The van der Waals surface area contributed by atoms with Crippen LogP contribution in [0, 0.1) is 11.8 Å². The Bertz CT molecular complexity index is 1140. The highest BCUT2D eigenvalue weighted by molar-refractivity contribution is 6.08. The van der Waals surface area contributed by atoms with Gasteiger partial charge in [-0.25, -0.2) is 8.78 Å². The molecule has 3 aliphatic carbocycles. The zero-order valence-electron chi connectivity index (χ0n) is 19.7. The average Bonchev–Trinajstić information content (AvgIpc) is 3.66. The Hall–Kier alpha value is -2.82. The van der Waals surface area contributed by atoms with E-state index in [9.17, 15) is 13.6 Å². The molecule has 0 spiro atoms. The van der Waals surface area contributed by atoms with Gasteiger partial charge in [0, 0.05) is 28.7 Å². The maximum absolute atomic E-state index is 14.2. The Kier molecular flexibility index (Phi) is 6.13. The number of Topliss-reactive ketones (excluding diaryl/α,β-unsaturated/α-hetero) is 1. The van der Waals surface area contributed by atoms with Crippen molar-refractivity contribution in [3.05, 3.63) is 76.9 Å². The second-order valence-corrected chi connectivity index (χ2v) is 10.0. The van der Waals surface area contributed by atoms with Crippen LogP contribution in [0.25, 0.3) is 0 Å². The van der Waals surface area contributed by atoms with Crippen LogP contribution in [-0.2, 0) is 4.79 Å². The van der Waals surface area contributed by atoms with E-state index >= 15 is 0 Å². The van der Waals surface area contributed by atoms with Gasteiger partial charge in [0.2, 0.25) is 0 Å². The van der Waals surface area contributed by atoms with E-state index in [1.54, 1.807) is 6.07 Å². The average molecular weight is 464 g/mol. The minimum atomic E-state index is -2.78. The SMILES string of the molecule is C=C1C=CC(C(=O)C2CCCC(c3ccccc3OCC(F)(F)C3CC3)C2)=CC2=C1CN=C2C. The van der Waals surface area contributed by atoms with Crippen LogP contribution in [0.4, 0.5) is 8.78 Å². The van der Waals surface area contributed by atoms with Crippen LogP contribution in [-0.4, -0.2) is 30.6 Å². The zero-order chi connectivity index (χ0) is 23.9. The number of benzene rings is 1. The largest absolute Gasteiger partial charge is 0.487 e. The van der Waals surface area contributed by atoms with Crippen molar-refractivity contribution in [1.29, 1.82) is 0 Å². The molecule has 0 aromatic heterocycles.